The Morgan fingerprint density at radius 3 is 2.18 bits per heavy atom. The van der Waals surface area contributed by atoms with Crippen LogP contribution in [0.15, 0.2) is 35.0 Å². The van der Waals surface area contributed by atoms with E-state index in [2.05, 4.69) is 7.05 Å². The van der Waals surface area contributed by atoms with Crippen LogP contribution in [0.2, 0.25) is 0 Å². The fraction of sp³-hybridized carbons (Fsp3) is 0.438. The Kier molecular flexibility index (Phi) is 3.38. The van der Waals surface area contributed by atoms with Gasteiger partial charge in [-0.05, 0) is 22.9 Å². The van der Waals surface area contributed by atoms with E-state index in [0.717, 1.165) is 35.7 Å². The molecule has 4 rings (SSSR count). The summed E-state index contributed by atoms with van der Waals surface area (Å²) in [5.41, 5.74) is -1.08. The van der Waals surface area contributed by atoms with Crippen LogP contribution in [0.25, 0.3) is 0 Å². The Morgan fingerprint density at radius 1 is 1.09 bits per heavy atom. The molecule has 0 bridgehead atoms. The first-order valence-electron chi connectivity index (χ1n) is 7.48. The number of esters is 1. The monoisotopic (exact) mass is 336 g/mol. The first kappa shape index (κ1) is 14.4. The number of carbonyl (C=O) groups is 1. The summed E-state index contributed by atoms with van der Waals surface area (Å²) in [6.07, 6.45) is 1.51. The molecule has 4 nitrogen and oxygen atoms in total. The maximum absolute atomic E-state index is 12.9. The van der Waals surface area contributed by atoms with E-state index in [1.807, 2.05) is 35.0 Å². The minimum atomic E-state index is -1.08. The number of ether oxygens (including phenoxy) is 2. The lowest BCUT2D eigenvalue weighted by Crippen LogP contribution is -3.10. The summed E-state index contributed by atoms with van der Waals surface area (Å²) < 4.78 is 12.3. The molecule has 116 valence electrons. The standard InChI is InChI=1S/C16H17NO3S2/c1-17-8-6-15(7-9-17)19-14(18)16(20-15,12-4-2-10-21-12)13-5-3-11-22-13/h2-5,10-11H,6-9H2,1H3/p+1. The highest BCUT2D eigenvalue weighted by Gasteiger charge is 2.62. The molecule has 22 heavy (non-hydrogen) atoms. The number of rotatable bonds is 2. The maximum atomic E-state index is 12.9. The average Bonchev–Trinajstić information content (AvgIpc) is 3.24. The van der Waals surface area contributed by atoms with Gasteiger partial charge in [0, 0.05) is 0 Å². The van der Waals surface area contributed by atoms with Crippen LogP contribution in [0, 0.1) is 0 Å². The van der Waals surface area contributed by atoms with Gasteiger partial charge in [0.25, 0.3) is 0 Å². The van der Waals surface area contributed by atoms with Gasteiger partial charge in [-0.15, -0.1) is 22.7 Å². The van der Waals surface area contributed by atoms with E-state index in [-0.39, 0.29) is 5.97 Å². The second-order valence-corrected chi connectivity index (χ2v) is 7.89. The number of nitrogens with one attached hydrogen (secondary N) is 1. The Bertz CT molecular complexity index is 623. The first-order valence-corrected chi connectivity index (χ1v) is 9.23. The van der Waals surface area contributed by atoms with Gasteiger partial charge in [-0.3, -0.25) is 0 Å². The zero-order valence-electron chi connectivity index (χ0n) is 12.3. The van der Waals surface area contributed by atoms with Crippen molar-refractivity contribution in [2.45, 2.75) is 24.2 Å². The summed E-state index contributed by atoms with van der Waals surface area (Å²) >= 11 is 3.09. The number of hydrogen-bond acceptors (Lipinski definition) is 5. The molecule has 2 fully saturated rings. The van der Waals surface area contributed by atoms with Crippen molar-refractivity contribution < 1.29 is 19.2 Å². The fourth-order valence-electron chi connectivity index (χ4n) is 3.23. The van der Waals surface area contributed by atoms with E-state index in [0.29, 0.717) is 0 Å². The van der Waals surface area contributed by atoms with E-state index in [1.165, 1.54) is 4.90 Å². The highest BCUT2D eigenvalue weighted by atomic mass is 32.1. The van der Waals surface area contributed by atoms with Crippen LogP contribution in [0.5, 0.6) is 0 Å². The largest absolute Gasteiger partial charge is 0.430 e. The maximum Gasteiger partial charge on any atom is 0.352 e. The fourth-order valence-corrected chi connectivity index (χ4v) is 5.01. The quantitative estimate of drug-likeness (QED) is 0.848. The van der Waals surface area contributed by atoms with Crippen molar-refractivity contribution >= 4 is 28.6 Å². The number of likely N-dealkylation sites (tertiary alicyclic amines) is 1. The lowest BCUT2D eigenvalue weighted by molar-refractivity contribution is -0.888. The zero-order valence-corrected chi connectivity index (χ0v) is 14.0. The molecule has 0 unspecified atom stereocenters. The normalized spacial score (nSPS) is 30.6. The molecule has 0 aromatic carbocycles. The van der Waals surface area contributed by atoms with Crippen LogP contribution >= 0.6 is 22.7 Å². The minimum absolute atomic E-state index is 0.267. The number of quaternary nitrogens is 1. The molecule has 0 radical (unpaired) electrons. The average molecular weight is 336 g/mol. The zero-order chi connectivity index (χ0) is 15.2. The van der Waals surface area contributed by atoms with Gasteiger partial charge in [0.1, 0.15) is 0 Å². The van der Waals surface area contributed by atoms with Crippen LogP contribution in [0.1, 0.15) is 22.6 Å². The molecule has 2 saturated heterocycles. The van der Waals surface area contributed by atoms with E-state index in [9.17, 15) is 4.79 Å². The highest BCUT2D eigenvalue weighted by Crippen LogP contribution is 2.50. The Balaban J connectivity index is 1.78. The van der Waals surface area contributed by atoms with Gasteiger partial charge >= 0.3 is 5.97 Å². The lowest BCUT2D eigenvalue weighted by Gasteiger charge is -2.34. The van der Waals surface area contributed by atoms with Gasteiger partial charge in [0.05, 0.1) is 42.7 Å². The summed E-state index contributed by atoms with van der Waals surface area (Å²) in [7, 11) is 2.16. The van der Waals surface area contributed by atoms with Crippen molar-refractivity contribution in [2.75, 3.05) is 20.1 Å². The molecular formula is C16H18NO3S2+. The van der Waals surface area contributed by atoms with E-state index in [1.54, 1.807) is 22.7 Å². The molecule has 1 N–H and O–H groups in total. The lowest BCUT2D eigenvalue weighted by atomic mass is 9.99. The van der Waals surface area contributed by atoms with Crippen molar-refractivity contribution in [2.24, 2.45) is 0 Å². The van der Waals surface area contributed by atoms with Gasteiger partial charge < -0.3 is 14.4 Å². The molecule has 2 aromatic rings. The summed E-state index contributed by atoms with van der Waals surface area (Å²) in [6, 6.07) is 7.83. The van der Waals surface area contributed by atoms with Crippen molar-refractivity contribution in [1.82, 2.24) is 0 Å². The van der Waals surface area contributed by atoms with Gasteiger partial charge in [-0.2, -0.15) is 0 Å². The minimum Gasteiger partial charge on any atom is -0.430 e. The van der Waals surface area contributed by atoms with Crippen LogP contribution < -0.4 is 4.90 Å². The third-order valence-electron chi connectivity index (χ3n) is 4.51. The SMILES string of the molecule is C[NH+]1CCC2(CC1)OC(=O)C(c1cccs1)(c1cccs1)O2. The summed E-state index contributed by atoms with van der Waals surface area (Å²) in [5, 5.41) is 3.95. The van der Waals surface area contributed by atoms with Crippen molar-refractivity contribution in [3.8, 4) is 0 Å². The molecule has 6 heteroatoms. The number of carbonyl (C=O) groups excluding carboxylic acids is 1. The molecule has 0 saturated carbocycles. The highest BCUT2D eigenvalue weighted by molar-refractivity contribution is 7.12. The Morgan fingerprint density at radius 2 is 1.68 bits per heavy atom. The molecule has 2 aliphatic rings. The number of hydrogen-bond donors (Lipinski definition) is 1. The third-order valence-corrected chi connectivity index (χ3v) is 6.45. The predicted molar refractivity (Wildman–Crippen MR) is 85.2 cm³/mol. The Hall–Kier alpha value is -1.21. The second-order valence-electron chi connectivity index (χ2n) is 6.00. The third kappa shape index (κ3) is 2.06. The molecular weight excluding hydrogens is 318 g/mol. The summed E-state index contributed by atoms with van der Waals surface area (Å²) in [4.78, 5) is 16.2. The number of piperidine rings is 1. The van der Waals surface area contributed by atoms with Crippen molar-refractivity contribution in [3.05, 3.63) is 44.8 Å². The van der Waals surface area contributed by atoms with Crippen LogP contribution in [-0.4, -0.2) is 31.9 Å². The molecule has 2 aliphatic heterocycles. The van der Waals surface area contributed by atoms with Crippen molar-refractivity contribution in [3.63, 3.8) is 0 Å². The smallest absolute Gasteiger partial charge is 0.352 e. The first-order chi connectivity index (χ1) is 10.6. The van der Waals surface area contributed by atoms with Gasteiger partial charge in [0.15, 0.2) is 0 Å². The topological polar surface area (TPSA) is 40.0 Å². The summed E-state index contributed by atoms with van der Waals surface area (Å²) in [6.45, 7) is 1.91. The van der Waals surface area contributed by atoms with Gasteiger partial charge in [-0.1, -0.05) is 12.1 Å². The molecule has 4 heterocycles. The molecule has 0 aliphatic carbocycles. The number of thiophene rings is 2. The van der Waals surface area contributed by atoms with Gasteiger partial charge in [-0.25, -0.2) is 4.79 Å². The predicted octanol–water partition coefficient (Wildman–Crippen LogP) is 1.63. The van der Waals surface area contributed by atoms with Crippen LogP contribution in [0.3, 0.4) is 0 Å². The summed E-state index contributed by atoms with van der Waals surface area (Å²) in [5.74, 6) is -1.03. The van der Waals surface area contributed by atoms with Crippen molar-refractivity contribution in [1.29, 1.82) is 0 Å². The molecule has 0 atom stereocenters. The second kappa shape index (κ2) is 5.16. The molecule has 1 spiro atoms. The van der Waals surface area contributed by atoms with E-state index in [4.69, 9.17) is 9.47 Å². The van der Waals surface area contributed by atoms with E-state index < -0.39 is 11.4 Å². The van der Waals surface area contributed by atoms with Crippen LogP contribution in [0.4, 0.5) is 0 Å². The van der Waals surface area contributed by atoms with E-state index >= 15 is 0 Å². The van der Waals surface area contributed by atoms with Crippen LogP contribution in [-0.2, 0) is 19.9 Å². The molecule has 0 amide bonds. The van der Waals surface area contributed by atoms with Gasteiger partial charge in [0.2, 0.25) is 11.4 Å². The Labute approximate surface area is 137 Å². The molecule has 2 aromatic heterocycles.